The van der Waals surface area contributed by atoms with Crippen LogP contribution in [0.5, 0.6) is 0 Å². The van der Waals surface area contributed by atoms with Crippen molar-refractivity contribution in [1.82, 2.24) is 9.97 Å². The highest BCUT2D eigenvalue weighted by molar-refractivity contribution is 5.48. The molecule has 2 heterocycles. The largest absolute Gasteiger partial charge is 0.384 e. The summed E-state index contributed by atoms with van der Waals surface area (Å²) < 4.78 is 0. The molecule has 0 aliphatic carbocycles. The maximum Gasteiger partial charge on any atom is 0.134 e. The summed E-state index contributed by atoms with van der Waals surface area (Å²) in [6.07, 6.45) is 3.76. The highest BCUT2D eigenvalue weighted by Crippen LogP contribution is 2.28. The number of nitrogens with two attached hydrogens (primary N) is 1. The Morgan fingerprint density at radius 3 is 2.44 bits per heavy atom. The van der Waals surface area contributed by atoms with E-state index in [-0.39, 0.29) is 0 Å². The number of piperidine rings is 1. The molecule has 0 bridgehead atoms. The van der Waals surface area contributed by atoms with Gasteiger partial charge in [-0.1, -0.05) is 0 Å². The molecule has 1 aromatic heterocycles. The molecule has 4 heteroatoms. The minimum absolute atomic E-state index is 0.539. The van der Waals surface area contributed by atoms with Crippen LogP contribution in [0, 0.1) is 6.92 Å². The molecule has 4 nitrogen and oxygen atoms in total. The number of nitrogens with zero attached hydrogens (tertiary/aromatic N) is 3. The molecule has 2 N–H and O–H groups in total. The first-order chi connectivity index (χ1) is 7.58. The van der Waals surface area contributed by atoms with Crippen LogP contribution >= 0.6 is 0 Å². The van der Waals surface area contributed by atoms with Crippen molar-refractivity contribution in [1.29, 1.82) is 0 Å². The molecule has 0 aromatic carbocycles. The van der Waals surface area contributed by atoms with Crippen molar-refractivity contribution in [2.75, 3.05) is 10.6 Å². The third-order valence-electron chi connectivity index (χ3n) is 3.30. The molecule has 16 heavy (non-hydrogen) atoms. The van der Waals surface area contributed by atoms with Gasteiger partial charge in [0.15, 0.2) is 0 Å². The Bertz CT molecular complexity index is 347. The van der Waals surface area contributed by atoms with E-state index in [1.807, 2.05) is 13.0 Å². The summed E-state index contributed by atoms with van der Waals surface area (Å²) in [4.78, 5) is 11.0. The molecular weight excluding hydrogens is 200 g/mol. The summed E-state index contributed by atoms with van der Waals surface area (Å²) in [5.41, 5.74) is 5.78. The third-order valence-corrected chi connectivity index (χ3v) is 3.30. The van der Waals surface area contributed by atoms with E-state index in [9.17, 15) is 0 Å². The van der Waals surface area contributed by atoms with E-state index >= 15 is 0 Å². The summed E-state index contributed by atoms with van der Waals surface area (Å²) in [6.45, 7) is 6.39. The second-order valence-corrected chi connectivity index (χ2v) is 4.73. The predicted molar refractivity (Wildman–Crippen MR) is 66.4 cm³/mol. The normalized spacial score (nSPS) is 25.8. The van der Waals surface area contributed by atoms with Crippen LogP contribution in [0.25, 0.3) is 0 Å². The molecule has 0 spiro atoms. The summed E-state index contributed by atoms with van der Waals surface area (Å²) in [5.74, 6) is 2.29. The van der Waals surface area contributed by atoms with E-state index in [2.05, 4.69) is 28.7 Å². The monoisotopic (exact) mass is 220 g/mol. The smallest absolute Gasteiger partial charge is 0.134 e. The molecule has 1 aromatic rings. The number of rotatable bonds is 1. The molecule has 0 unspecified atom stereocenters. The van der Waals surface area contributed by atoms with Gasteiger partial charge in [0.05, 0.1) is 0 Å². The van der Waals surface area contributed by atoms with Crippen LogP contribution in [-0.4, -0.2) is 22.1 Å². The van der Waals surface area contributed by atoms with Gasteiger partial charge in [0, 0.05) is 18.2 Å². The van der Waals surface area contributed by atoms with Crippen LogP contribution in [0.1, 0.15) is 38.9 Å². The number of hydrogen-bond donors (Lipinski definition) is 1. The molecule has 0 amide bonds. The minimum atomic E-state index is 0.539. The SMILES string of the molecule is Cc1nc(N)cc(N2[C@@H](C)CCC[C@@H]2C)n1. The summed E-state index contributed by atoms with van der Waals surface area (Å²) in [6, 6.07) is 2.96. The quantitative estimate of drug-likeness (QED) is 0.787. The summed E-state index contributed by atoms with van der Waals surface area (Å²) in [7, 11) is 0. The van der Waals surface area contributed by atoms with Crippen molar-refractivity contribution in [2.24, 2.45) is 0 Å². The fraction of sp³-hybridized carbons (Fsp3) is 0.667. The molecule has 1 aliphatic heterocycles. The molecule has 1 aliphatic rings. The van der Waals surface area contributed by atoms with Gasteiger partial charge < -0.3 is 10.6 Å². The van der Waals surface area contributed by atoms with Crippen LogP contribution in [0.4, 0.5) is 11.6 Å². The fourth-order valence-electron chi connectivity index (χ4n) is 2.58. The minimum Gasteiger partial charge on any atom is -0.384 e. The maximum atomic E-state index is 5.78. The van der Waals surface area contributed by atoms with Crippen molar-refractivity contribution in [2.45, 2.75) is 52.1 Å². The molecule has 0 radical (unpaired) electrons. The predicted octanol–water partition coefficient (Wildman–Crippen LogP) is 2.13. The van der Waals surface area contributed by atoms with Crippen LogP contribution in [0.15, 0.2) is 6.07 Å². The average Bonchev–Trinajstić information content (AvgIpc) is 2.15. The summed E-state index contributed by atoms with van der Waals surface area (Å²) in [5, 5.41) is 0. The molecule has 0 saturated carbocycles. The zero-order valence-corrected chi connectivity index (χ0v) is 10.3. The zero-order chi connectivity index (χ0) is 11.7. The molecule has 88 valence electrons. The first-order valence-corrected chi connectivity index (χ1v) is 5.97. The third kappa shape index (κ3) is 2.10. The number of anilines is 2. The zero-order valence-electron chi connectivity index (χ0n) is 10.3. The first-order valence-electron chi connectivity index (χ1n) is 5.97. The maximum absolute atomic E-state index is 5.78. The lowest BCUT2D eigenvalue weighted by molar-refractivity contribution is 0.411. The van der Waals surface area contributed by atoms with Gasteiger partial charge in [-0.15, -0.1) is 0 Å². The van der Waals surface area contributed by atoms with E-state index in [4.69, 9.17) is 5.73 Å². The Balaban J connectivity index is 2.33. The molecular formula is C12H20N4. The number of hydrogen-bond acceptors (Lipinski definition) is 4. The van der Waals surface area contributed by atoms with Crippen molar-refractivity contribution in [3.8, 4) is 0 Å². The highest BCUT2D eigenvalue weighted by Gasteiger charge is 2.26. The first kappa shape index (κ1) is 11.2. The summed E-state index contributed by atoms with van der Waals surface area (Å²) >= 11 is 0. The Morgan fingerprint density at radius 2 is 1.88 bits per heavy atom. The van der Waals surface area contributed by atoms with Gasteiger partial charge in [0.25, 0.3) is 0 Å². The van der Waals surface area contributed by atoms with Gasteiger partial charge >= 0.3 is 0 Å². The van der Waals surface area contributed by atoms with E-state index < -0.39 is 0 Å². The van der Waals surface area contributed by atoms with Crippen molar-refractivity contribution in [3.05, 3.63) is 11.9 Å². The molecule has 1 saturated heterocycles. The molecule has 2 rings (SSSR count). The van der Waals surface area contributed by atoms with Gasteiger partial charge in [-0.3, -0.25) is 0 Å². The number of aryl methyl sites for hydroxylation is 1. The van der Waals surface area contributed by atoms with E-state index in [1.54, 1.807) is 0 Å². The van der Waals surface area contributed by atoms with Crippen LogP contribution in [0.3, 0.4) is 0 Å². The van der Waals surface area contributed by atoms with Gasteiger partial charge in [0.2, 0.25) is 0 Å². The molecule has 2 atom stereocenters. The highest BCUT2D eigenvalue weighted by atomic mass is 15.2. The van der Waals surface area contributed by atoms with Crippen LogP contribution < -0.4 is 10.6 Å². The molecule has 1 fully saturated rings. The standard InChI is InChI=1S/C12H20N4/c1-8-5-4-6-9(2)16(8)12-7-11(13)14-10(3)15-12/h7-9H,4-6H2,1-3H3,(H2,13,14,15)/t8-,9-/m0/s1. The Hall–Kier alpha value is -1.32. The average molecular weight is 220 g/mol. The van der Waals surface area contributed by atoms with Crippen molar-refractivity contribution < 1.29 is 0 Å². The van der Waals surface area contributed by atoms with Gasteiger partial charge in [-0.2, -0.15) is 0 Å². The van der Waals surface area contributed by atoms with Crippen molar-refractivity contribution >= 4 is 11.6 Å². The van der Waals surface area contributed by atoms with Crippen molar-refractivity contribution in [3.63, 3.8) is 0 Å². The van der Waals surface area contributed by atoms with Gasteiger partial charge in [-0.05, 0) is 40.0 Å². The number of aromatic nitrogens is 2. The van der Waals surface area contributed by atoms with Crippen LogP contribution in [-0.2, 0) is 0 Å². The van der Waals surface area contributed by atoms with E-state index in [0.29, 0.717) is 17.9 Å². The second kappa shape index (κ2) is 4.28. The van der Waals surface area contributed by atoms with Gasteiger partial charge in [0.1, 0.15) is 17.5 Å². The topological polar surface area (TPSA) is 55.0 Å². The van der Waals surface area contributed by atoms with Gasteiger partial charge in [-0.25, -0.2) is 9.97 Å². The van der Waals surface area contributed by atoms with Crippen LogP contribution in [0.2, 0.25) is 0 Å². The Kier molecular flexibility index (Phi) is 2.99. The lowest BCUT2D eigenvalue weighted by Crippen LogP contribution is -2.44. The fourth-order valence-corrected chi connectivity index (χ4v) is 2.58. The van der Waals surface area contributed by atoms with E-state index in [1.165, 1.54) is 19.3 Å². The number of nitrogen functional groups attached to an aromatic ring is 1. The second-order valence-electron chi connectivity index (χ2n) is 4.73. The lowest BCUT2D eigenvalue weighted by Gasteiger charge is -2.40. The van der Waals surface area contributed by atoms with E-state index in [0.717, 1.165) is 11.6 Å². The Labute approximate surface area is 96.9 Å². The Morgan fingerprint density at radius 1 is 1.25 bits per heavy atom. The lowest BCUT2D eigenvalue weighted by atomic mass is 9.97.